The molecule has 0 unspecified atom stereocenters. The van der Waals surface area contributed by atoms with Crippen molar-refractivity contribution < 1.29 is 27.8 Å². The molecule has 0 radical (unpaired) electrons. The molecule has 1 aliphatic rings. The Morgan fingerprint density at radius 3 is 2.63 bits per heavy atom. The van der Waals surface area contributed by atoms with Crippen LogP contribution in [-0.4, -0.2) is 33.1 Å². The number of rotatable bonds is 5. The van der Waals surface area contributed by atoms with Crippen molar-refractivity contribution in [3.8, 4) is 11.6 Å². The second kappa shape index (κ2) is 7.91. The summed E-state index contributed by atoms with van der Waals surface area (Å²) in [5.41, 5.74) is 0.424. The van der Waals surface area contributed by atoms with Crippen molar-refractivity contribution in [3.05, 3.63) is 59.9 Å². The first-order valence-corrected chi connectivity index (χ1v) is 9.34. The monoisotopic (exact) mass is 417 g/mol. The molecule has 1 saturated carbocycles. The van der Waals surface area contributed by atoms with E-state index in [2.05, 4.69) is 15.3 Å². The predicted molar refractivity (Wildman–Crippen MR) is 102 cm³/mol. The van der Waals surface area contributed by atoms with E-state index in [9.17, 15) is 23.1 Å². The van der Waals surface area contributed by atoms with E-state index in [1.165, 1.54) is 0 Å². The number of carbonyl (C=O) groups is 1. The number of alkyl halides is 3. The van der Waals surface area contributed by atoms with Crippen molar-refractivity contribution in [3.63, 3.8) is 0 Å². The molecule has 2 N–H and O–H groups in total. The van der Waals surface area contributed by atoms with Crippen LogP contribution in [-0.2, 0) is 17.4 Å². The largest absolute Gasteiger partial charge is 0.439 e. The topological polar surface area (TPSA) is 84.3 Å². The number of aliphatic hydroxyl groups is 1. The lowest BCUT2D eigenvalue weighted by Gasteiger charge is -2.31. The highest BCUT2D eigenvalue weighted by atomic mass is 19.4. The Kier molecular flexibility index (Phi) is 5.29. The maximum absolute atomic E-state index is 12.6. The van der Waals surface area contributed by atoms with Crippen LogP contribution < -0.4 is 10.1 Å². The number of nitrogens with zero attached hydrogens (tertiary/aromatic N) is 2. The van der Waals surface area contributed by atoms with Crippen molar-refractivity contribution in [2.24, 2.45) is 0 Å². The quantitative estimate of drug-likeness (QED) is 0.663. The van der Waals surface area contributed by atoms with E-state index in [1.54, 1.807) is 30.3 Å². The second-order valence-corrected chi connectivity index (χ2v) is 7.21. The molecule has 0 atom stereocenters. The third kappa shape index (κ3) is 4.68. The summed E-state index contributed by atoms with van der Waals surface area (Å²) in [5, 5.41) is 12.9. The van der Waals surface area contributed by atoms with Gasteiger partial charge in [-0.15, -0.1) is 0 Å². The number of pyridine rings is 2. The number of carbonyl (C=O) groups excluding carboxylic acids is 1. The van der Waals surface area contributed by atoms with E-state index in [4.69, 9.17) is 4.74 Å². The number of halogens is 3. The normalized spacial score (nSPS) is 18.7. The number of fused-ring (bicyclic) bond motifs is 1. The van der Waals surface area contributed by atoms with Crippen LogP contribution in [0.1, 0.15) is 24.1 Å². The fourth-order valence-electron chi connectivity index (χ4n) is 3.19. The van der Waals surface area contributed by atoms with Crippen molar-refractivity contribution >= 4 is 16.8 Å². The number of aromatic nitrogens is 2. The average Bonchev–Trinajstić information content (AvgIpc) is 2.66. The molecule has 2 aromatic heterocycles. The third-order valence-electron chi connectivity index (χ3n) is 4.82. The van der Waals surface area contributed by atoms with Crippen molar-refractivity contribution in [2.45, 2.75) is 37.6 Å². The number of nitrogens with one attached hydrogen (secondary N) is 1. The number of ether oxygens (including phenoxy) is 1. The summed E-state index contributed by atoms with van der Waals surface area (Å²) in [6.45, 7) is 0. The molecular formula is C21H18F3N3O3. The average molecular weight is 417 g/mol. The summed E-state index contributed by atoms with van der Waals surface area (Å²) in [7, 11) is 0. The minimum atomic E-state index is -4.45. The molecule has 0 saturated heterocycles. The van der Waals surface area contributed by atoms with Gasteiger partial charge >= 0.3 is 6.18 Å². The predicted octanol–water partition coefficient (Wildman–Crippen LogP) is 3.62. The second-order valence-electron chi connectivity index (χ2n) is 7.21. The molecule has 6 nitrogen and oxygen atoms in total. The molecular weight excluding hydrogens is 399 g/mol. The zero-order valence-electron chi connectivity index (χ0n) is 15.7. The molecule has 30 heavy (non-hydrogen) atoms. The summed E-state index contributed by atoms with van der Waals surface area (Å²) < 4.78 is 43.4. The van der Waals surface area contributed by atoms with Gasteiger partial charge in [-0.2, -0.15) is 13.2 Å². The van der Waals surface area contributed by atoms with Gasteiger partial charge in [0.1, 0.15) is 5.75 Å². The molecule has 156 valence electrons. The van der Waals surface area contributed by atoms with Crippen LogP contribution in [0, 0.1) is 0 Å². The summed E-state index contributed by atoms with van der Waals surface area (Å²) in [6.07, 6.45) is -2.77. The van der Waals surface area contributed by atoms with Gasteiger partial charge < -0.3 is 15.2 Å². The summed E-state index contributed by atoms with van der Waals surface area (Å²) >= 11 is 0. The fourth-order valence-corrected chi connectivity index (χ4v) is 3.19. The molecule has 0 bridgehead atoms. The highest BCUT2D eigenvalue weighted by Gasteiger charge is 2.31. The van der Waals surface area contributed by atoms with Gasteiger partial charge in [0.25, 0.3) is 0 Å². The van der Waals surface area contributed by atoms with E-state index < -0.39 is 11.7 Å². The molecule has 2 heterocycles. The number of hydrogen-bond acceptors (Lipinski definition) is 5. The number of aliphatic hydroxyl groups excluding tert-OH is 1. The van der Waals surface area contributed by atoms with Gasteiger partial charge in [-0.3, -0.25) is 9.78 Å². The van der Waals surface area contributed by atoms with E-state index in [0.29, 0.717) is 29.8 Å². The van der Waals surface area contributed by atoms with E-state index in [1.807, 2.05) is 0 Å². The molecule has 3 aromatic rings. The Morgan fingerprint density at radius 1 is 1.17 bits per heavy atom. The number of amides is 1. The minimum Gasteiger partial charge on any atom is -0.439 e. The zero-order valence-corrected chi connectivity index (χ0v) is 15.7. The van der Waals surface area contributed by atoms with Gasteiger partial charge in [0, 0.05) is 23.7 Å². The van der Waals surface area contributed by atoms with Gasteiger partial charge in [0.2, 0.25) is 11.8 Å². The van der Waals surface area contributed by atoms with Crippen LogP contribution in [0.15, 0.2) is 48.7 Å². The van der Waals surface area contributed by atoms with Crippen LogP contribution in [0.4, 0.5) is 13.2 Å². The molecule has 1 amide bonds. The summed E-state index contributed by atoms with van der Waals surface area (Å²) in [5.74, 6) is 0.308. The third-order valence-corrected chi connectivity index (χ3v) is 4.82. The Balaban J connectivity index is 1.42. The SMILES string of the molecule is O=C(Cc1ccc2cc(Oc3ccc(C(F)(F)F)cn3)ccc2n1)NC1CC(O)C1. The van der Waals surface area contributed by atoms with Crippen molar-refractivity contribution in [1.82, 2.24) is 15.3 Å². The van der Waals surface area contributed by atoms with E-state index in [-0.39, 0.29) is 30.4 Å². The first kappa shape index (κ1) is 20.1. The van der Waals surface area contributed by atoms with E-state index in [0.717, 1.165) is 23.7 Å². The first-order valence-electron chi connectivity index (χ1n) is 9.34. The van der Waals surface area contributed by atoms with E-state index >= 15 is 0 Å². The molecule has 4 rings (SSSR count). The lowest BCUT2D eigenvalue weighted by Crippen LogP contribution is -2.47. The minimum absolute atomic E-state index is 0.0199. The maximum Gasteiger partial charge on any atom is 0.417 e. The van der Waals surface area contributed by atoms with Crippen LogP contribution in [0.25, 0.3) is 10.9 Å². The highest BCUT2D eigenvalue weighted by molar-refractivity contribution is 5.82. The van der Waals surface area contributed by atoms with Gasteiger partial charge in [-0.1, -0.05) is 6.07 Å². The Bertz CT molecular complexity index is 1060. The van der Waals surface area contributed by atoms with Crippen molar-refractivity contribution in [2.75, 3.05) is 0 Å². The maximum atomic E-state index is 12.6. The van der Waals surface area contributed by atoms with Crippen LogP contribution in [0.5, 0.6) is 11.6 Å². The standard InChI is InChI=1S/C21H18F3N3O3/c22-21(23,24)13-2-6-20(25-11-13)30-17-4-5-18-12(7-17)1-3-14(26-18)10-19(29)27-15-8-16(28)9-15/h1-7,11,15-16,28H,8-10H2,(H,27,29). The lowest BCUT2D eigenvalue weighted by atomic mass is 9.89. The highest BCUT2D eigenvalue weighted by Crippen LogP contribution is 2.30. The lowest BCUT2D eigenvalue weighted by molar-refractivity contribution is -0.137. The summed E-state index contributed by atoms with van der Waals surface area (Å²) in [4.78, 5) is 20.2. The summed E-state index contributed by atoms with van der Waals surface area (Å²) in [6, 6.07) is 10.7. The Hall–Kier alpha value is -3.20. The first-order chi connectivity index (χ1) is 14.3. The van der Waals surface area contributed by atoms with Crippen LogP contribution in [0.3, 0.4) is 0 Å². The van der Waals surface area contributed by atoms with Crippen molar-refractivity contribution in [1.29, 1.82) is 0 Å². The van der Waals surface area contributed by atoms with Gasteiger partial charge in [0.15, 0.2) is 0 Å². The molecule has 1 aromatic carbocycles. The van der Waals surface area contributed by atoms with Gasteiger partial charge in [0.05, 0.1) is 29.3 Å². The molecule has 9 heteroatoms. The van der Waals surface area contributed by atoms with Gasteiger partial charge in [-0.25, -0.2) is 4.98 Å². The Morgan fingerprint density at radius 2 is 1.97 bits per heavy atom. The van der Waals surface area contributed by atoms with Gasteiger partial charge in [-0.05, 0) is 43.2 Å². The molecule has 1 aliphatic carbocycles. The van der Waals surface area contributed by atoms with Crippen LogP contribution in [0.2, 0.25) is 0 Å². The molecule has 0 aliphatic heterocycles. The Labute approximate surface area is 169 Å². The molecule has 0 spiro atoms. The zero-order chi connectivity index (χ0) is 21.3. The smallest absolute Gasteiger partial charge is 0.417 e. The number of hydrogen-bond donors (Lipinski definition) is 2. The van der Waals surface area contributed by atoms with Crippen LogP contribution >= 0.6 is 0 Å². The fraction of sp³-hybridized carbons (Fsp3) is 0.286. The molecule has 1 fully saturated rings. The number of benzene rings is 1.